The summed E-state index contributed by atoms with van der Waals surface area (Å²) in [5.74, 6) is -0.193. The standard InChI is InChI=1S/C37H69NO8/c1-3-5-7-9-11-13-14-15-16-17-19-20-22-24-26-31(40)30(29-45-37-36(44)35(43)34(42)32(28-39)46-37)38-33(41)27-25-23-21-18-12-10-8-6-4-2/h17,19,24,26,30-32,34-37,39-40,42-44H,3-16,18,20-23,25,27-29H2,1-2H3,(H,38,41)/b19-17+,26-24+/t30-,31+,32+,34+,35?,36?,37+/m0/s1. The van der Waals surface area contributed by atoms with Crippen molar-refractivity contribution >= 4 is 5.91 Å². The molecule has 1 fully saturated rings. The van der Waals surface area contributed by atoms with Gasteiger partial charge in [-0.05, 0) is 32.1 Å². The molecule has 1 saturated heterocycles. The third-order valence-corrected chi connectivity index (χ3v) is 8.78. The molecule has 1 amide bonds. The van der Waals surface area contributed by atoms with Crippen LogP contribution in [0, 0.1) is 0 Å². The summed E-state index contributed by atoms with van der Waals surface area (Å²) < 4.78 is 11.1. The fourth-order valence-electron chi connectivity index (χ4n) is 5.70. The van der Waals surface area contributed by atoms with Crippen LogP contribution < -0.4 is 5.32 Å². The highest BCUT2D eigenvalue weighted by Crippen LogP contribution is 2.22. The minimum absolute atomic E-state index is 0.193. The van der Waals surface area contributed by atoms with E-state index in [-0.39, 0.29) is 12.5 Å². The maximum absolute atomic E-state index is 12.8. The summed E-state index contributed by atoms with van der Waals surface area (Å²) in [6.45, 7) is 3.69. The Morgan fingerprint density at radius 1 is 0.717 bits per heavy atom. The van der Waals surface area contributed by atoms with Crippen molar-refractivity contribution in [2.75, 3.05) is 13.2 Å². The van der Waals surface area contributed by atoms with Gasteiger partial charge in [-0.25, -0.2) is 0 Å². The van der Waals surface area contributed by atoms with Gasteiger partial charge in [-0.1, -0.05) is 134 Å². The zero-order valence-electron chi connectivity index (χ0n) is 29.1. The molecule has 0 bridgehead atoms. The van der Waals surface area contributed by atoms with E-state index >= 15 is 0 Å². The molecule has 270 valence electrons. The molecule has 0 aromatic heterocycles. The van der Waals surface area contributed by atoms with Gasteiger partial charge >= 0.3 is 0 Å². The smallest absolute Gasteiger partial charge is 0.220 e. The van der Waals surface area contributed by atoms with Crippen LogP contribution in [-0.2, 0) is 14.3 Å². The summed E-state index contributed by atoms with van der Waals surface area (Å²) in [4.78, 5) is 12.8. The molecular formula is C37H69NO8. The van der Waals surface area contributed by atoms with Gasteiger partial charge < -0.3 is 40.3 Å². The fraction of sp³-hybridized carbons (Fsp3) is 0.865. The van der Waals surface area contributed by atoms with E-state index in [1.165, 1.54) is 89.9 Å². The Morgan fingerprint density at radius 3 is 1.83 bits per heavy atom. The van der Waals surface area contributed by atoms with Gasteiger partial charge in [0.25, 0.3) is 0 Å². The minimum Gasteiger partial charge on any atom is -0.394 e. The van der Waals surface area contributed by atoms with Gasteiger partial charge in [0.15, 0.2) is 6.29 Å². The summed E-state index contributed by atoms with van der Waals surface area (Å²) in [7, 11) is 0. The van der Waals surface area contributed by atoms with Gasteiger partial charge in [-0.2, -0.15) is 0 Å². The molecule has 1 aliphatic heterocycles. The molecule has 1 rings (SSSR count). The van der Waals surface area contributed by atoms with E-state index in [1.54, 1.807) is 6.08 Å². The number of allylic oxidation sites excluding steroid dienone is 3. The van der Waals surface area contributed by atoms with Crippen LogP contribution >= 0.6 is 0 Å². The predicted molar refractivity (Wildman–Crippen MR) is 184 cm³/mol. The predicted octanol–water partition coefficient (Wildman–Crippen LogP) is 5.99. The quantitative estimate of drug-likeness (QED) is 0.0425. The Bertz CT molecular complexity index is 776. The number of hydrogen-bond acceptors (Lipinski definition) is 8. The minimum atomic E-state index is -1.57. The Labute approximate surface area is 279 Å². The lowest BCUT2D eigenvalue weighted by molar-refractivity contribution is -0.302. The van der Waals surface area contributed by atoms with Crippen LogP contribution in [0.5, 0.6) is 0 Å². The number of amides is 1. The normalized spacial score (nSPS) is 23.3. The maximum Gasteiger partial charge on any atom is 0.220 e. The lowest BCUT2D eigenvalue weighted by Crippen LogP contribution is -2.60. The van der Waals surface area contributed by atoms with Gasteiger partial charge in [-0.15, -0.1) is 0 Å². The molecule has 7 atom stereocenters. The molecule has 0 aromatic carbocycles. The van der Waals surface area contributed by atoms with Crippen LogP contribution in [0.2, 0.25) is 0 Å². The van der Waals surface area contributed by atoms with Crippen LogP contribution in [0.25, 0.3) is 0 Å². The third-order valence-electron chi connectivity index (χ3n) is 8.78. The summed E-state index contributed by atoms with van der Waals surface area (Å²) in [6, 6.07) is -0.813. The highest BCUT2D eigenvalue weighted by atomic mass is 16.7. The number of carbonyl (C=O) groups is 1. The van der Waals surface area contributed by atoms with E-state index < -0.39 is 49.5 Å². The second-order valence-electron chi connectivity index (χ2n) is 13.0. The molecule has 9 heteroatoms. The lowest BCUT2D eigenvalue weighted by Gasteiger charge is -2.40. The van der Waals surface area contributed by atoms with Crippen molar-refractivity contribution in [1.29, 1.82) is 0 Å². The monoisotopic (exact) mass is 656 g/mol. The first-order valence-electron chi connectivity index (χ1n) is 18.6. The third kappa shape index (κ3) is 20.1. The van der Waals surface area contributed by atoms with E-state index in [0.29, 0.717) is 6.42 Å². The lowest BCUT2D eigenvalue weighted by atomic mass is 9.99. The molecule has 0 aromatic rings. The van der Waals surface area contributed by atoms with Crippen molar-refractivity contribution in [2.45, 2.75) is 192 Å². The Hall–Kier alpha value is -1.33. The van der Waals surface area contributed by atoms with Crippen molar-refractivity contribution < 1.29 is 39.8 Å². The average Bonchev–Trinajstić information content (AvgIpc) is 3.05. The van der Waals surface area contributed by atoms with E-state index in [9.17, 15) is 30.3 Å². The maximum atomic E-state index is 12.8. The van der Waals surface area contributed by atoms with Crippen LogP contribution in [-0.4, -0.2) is 87.5 Å². The second kappa shape index (κ2) is 28.7. The Kier molecular flexibility index (Phi) is 26.6. The van der Waals surface area contributed by atoms with E-state index in [0.717, 1.165) is 38.5 Å². The molecule has 0 aliphatic carbocycles. The molecule has 0 saturated carbocycles. The summed E-state index contributed by atoms with van der Waals surface area (Å²) in [5, 5.41) is 53.7. The molecule has 6 N–H and O–H groups in total. The molecule has 0 spiro atoms. The van der Waals surface area contributed by atoms with Gasteiger partial charge in [0.1, 0.15) is 24.4 Å². The SMILES string of the molecule is CCCCCCCCCC/C=C/CC/C=C/[C@@H](O)[C@H](CO[C@@H]1O[C@H](CO)[C@@H](O)C(O)C1O)NC(=O)CCCCCCCCCCC. The van der Waals surface area contributed by atoms with E-state index in [4.69, 9.17) is 9.47 Å². The number of aliphatic hydroxyl groups excluding tert-OH is 5. The molecule has 46 heavy (non-hydrogen) atoms. The van der Waals surface area contributed by atoms with Crippen LogP contribution in [0.3, 0.4) is 0 Å². The number of ether oxygens (including phenoxy) is 2. The zero-order valence-corrected chi connectivity index (χ0v) is 29.1. The highest BCUT2D eigenvalue weighted by Gasteiger charge is 2.44. The Balaban J connectivity index is 2.51. The number of nitrogens with one attached hydrogen (secondary N) is 1. The highest BCUT2D eigenvalue weighted by molar-refractivity contribution is 5.76. The first kappa shape index (κ1) is 42.7. The molecule has 9 nitrogen and oxygen atoms in total. The van der Waals surface area contributed by atoms with Gasteiger partial charge in [-0.3, -0.25) is 4.79 Å². The van der Waals surface area contributed by atoms with Gasteiger partial charge in [0.2, 0.25) is 5.91 Å². The molecular weight excluding hydrogens is 586 g/mol. The molecule has 0 radical (unpaired) electrons. The topological polar surface area (TPSA) is 149 Å². The van der Waals surface area contributed by atoms with Crippen molar-refractivity contribution in [3.63, 3.8) is 0 Å². The van der Waals surface area contributed by atoms with Crippen molar-refractivity contribution in [3.05, 3.63) is 24.3 Å². The summed E-state index contributed by atoms with van der Waals surface area (Å²) >= 11 is 0. The largest absolute Gasteiger partial charge is 0.394 e. The van der Waals surface area contributed by atoms with Gasteiger partial charge in [0, 0.05) is 6.42 Å². The number of carbonyl (C=O) groups excluding carboxylic acids is 1. The molecule has 1 heterocycles. The van der Waals surface area contributed by atoms with Crippen LogP contribution in [0.15, 0.2) is 24.3 Å². The van der Waals surface area contributed by atoms with Crippen molar-refractivity contribution in [3.8, 4) is 0 Å². The molecule has 2 unspecified atom stereocenters. The van der Waals surface area contributed by atoms with E-state index in [2.05, 4.69) is 31.3 Å². The second-order valence-corrected chi connectivity index (χ2v) is 13.0. The summed E-state index contributed by atoms with van der Waals surface area (Å²) in [5.41, 5.74) is 0. The van der Waals surface area contributed by atoms with Gasteiger partial charge in [0.05, 0.1) is 25.4 Å². The fourth-order valence-corrected chi connectivity index (χ4v) is 5.70. The first-order chi connectivity index (χ1) is 22.3. The number of aliphatic hydroxyl groups is 5. The average molecular weight is 656 g/mol. The Morgan fingerprint density at radius 2 is 1.24 bits per heavy atom. The van der Waals surface area contributed by atoms with Crippen LogP contribution in [0.1, 0.15) is 149 Å². The van der Waals surface area contributed by atoms with Crippen molar-refractivity contribution in [2.24, 2.45) is 0 Å². The number of hydrogen-bond donors (Lipinski definition) is 6. The first-order valence-corrected chi connectivity index (χ1v) is 18.6. The number of rotatable bonds is 29. The zero-order chi connectivity index (χ0) is 33.8. The molecule has 1 aliphatic rings. The van der Waals surface area contributed by atoms with E-state index in [1.807, 2.05) is 6.08 Å². The van der Waals surface area contributed by atoms with Crippen molar-refractivity contribution in [1.82, 2.24) is 5.32 Å². The number of unbranched alkanes of at least 4 members (excludes halogenated alkanes) is 17. The summed E-state index contributed by atoms with van der Waals surface area (Å²) in [6.07, 6.45) is 23.7. The van der Waals surface area contributed by atoms with Crippen LogP contribution in [0.4, 0.5) is 0 Å².